The Kier molecular flexibility index (Phi) is 4.60. The SMILES string of the molecule is CSCCN(C)S(=O)(=O)c1sc(N)nc1C. The minimum Gasteiger partial charge on any atom is -0.375 e. The summed E-state index contributed by atoms with van der Waals surface area (Å²) in [5.74, 6) is 0.767. The Morgan fingerprint density at radius 1 is 1.56 bits per heavy atom. The highest BCUT2D eigenvalue weighted by atomic mass is 32.2. The maximum Gasteiger partial charge on any atom is 0.254 e. The van der Waals surface area contributed by atoms with Gasteiger partial charge < -0.3 is 5.73 Å². The fourth-order valence-corrected chi connectivity index (χ4v) is 4.35. The number of hydrogen-bond donors (Lipinski definition) is 1. The maximum absolute atomic E-state index is 12.1. The van der Waals surface area contributed by atoms with Crippen LogP contribution in [0.2, 0.25) is 0 Å². The quantitative estimate of drug-likeness (QED) is 0.872. The molecule has 5 nitrogen and oxygen atoms in total. The number of thiazole rings is 1. The summed E-state index contributed by atoms with van der Waals surface area (Å²) in [4.78, 5) is 3.93. The van der Waals surface area contributed by atoms with Gasteiger partial charge in [-0.25, -0.2) is 13.4 Å². The second-order valence-corrected chi connectivity index (χ2v) is 7.50. The van der Waals surface area contributed by atoms with Crippen LogP contribution in [-0.2, 0) is 10.0 Å². The third-order valence-corrected chi connectivity index (χ3v) is 6.05. The van der Waals surface area contributed by atoms with Crippen molar-refractivity contribution in [3.63, 3.8) is 0 Å². The Morgan fingerprint density at radius 2 is 2.19 bits per heavy atom. The van der Waals surface area contributed by atoms with E-state index < -0.39 is 10.0 Å². The molecule has 0 fully saturated rings. The molecule has 16 heavy (non-hydrogen) atoms. The van der Waals surface area contributed by atoms with Crippen LogP contribution < -0.4 is 5.73 Å². The van der Waals surface area contributed by atoms with Crippen LogP contribution in [-0.4, -0.2) is 43.3 Å². The van der Waals surface area contributed by atoms with Crippen LogP contribution in [0.3, 0.4) is 0 Å². The number of rotatable bonds is 5. The average Bonchev–Trinajstić information content (AvgIpc) is 2.54. The average molecular weight is 281 g/mol. The van der Waals surface area contributed by atoms with Crippen LogP contribution in [0.25, 0.3) is 0 Å². The van der Waals surface area contributed by atoms with Crippen LogP contribution in [0.4, 0.5) is 5.13 Å². The lowest BCUT2D eigenvalue weighted by atomic mass is 10.6. The second-order valence-electron chi connectivity index (χ2n) is 3.24. The van der Waals surface area contributed by atoms with Crippen molar-refractivity contribution in [2.24, 2.45) is 0 Å². The monoisotopic (exact) mass is 281 g/mol. The smallest absolute Gasteiger partial charge is 0.254 e. The topological polar surface area (TPSA) is 76.3 Å². The normalized spacial score (nSPS) is 12.2. The number of nitrogen functional groups attached to an aromatic ring is 1. The molecule has 0 saturated heterocycles. The van der Waals surface area contributed by atoms with E-state index in [0.717, 1.165) is 17.1 Å². The first-order valence-electron chi connectivity index (χ1n) is 4.57. The van der Waals surface area contributed by atoms with Crippen LogP contribution in [0.15, 0.2) is 4.21 Å². The van der Waals surface area contributed by atoms with E-state index in [4.69, 9.17) is 5.73 Å². The number of aryl methyl sites for hydroxylation is 1. The van der Waals surface area contributed by atoms with Crippen LogP contribution in [0.1, 0.15) is 5.69 Å². The first-order valence-corrected chi connectivity index (χ1v) is 8.22. The van der Waals surface area contributed by atoms with Crippen LogP contribution in [0.5, 0.6) is 0 Å². The van der Waals surface area contributed by atoms with Gasteiger partial charge in [0.05, 0.1) is 5.69 Å². The van der Waals surface area contributed by atoms with E-state index in [-0.39, 0.29) is 9.34 Å². The third kappa shape index (κ3) is 2.88. The first kappa shape index (κ1) is 13.8. The molecule has 0 aliphatic carbocycles. The highest BCUT2D eigenvalue weighted by Gasteiger charge is 2.25. The van der Waals surface area contributed by atoms with E-state index in [1.807, 2.05) is 6.26 Å². The van der Waals surface area contributed by atoms with Gasteiger partial charge in [0.2, 0.25) is 0 Å². The molecule has 0 amide bonds. The van der Waals surface area contributed by atoms with Crippen molar-refractivity contribution in [2.75, 3.05) is 31.3 Å². The van der Waals surface area contributed by atoms with Gasteiger partial charge in [-0.15, -0.1) is 0 Å². The number of nitrogens with two attached hydrogens (primary N) is 1. The van der Waals surface area contributed by atoms with Gasteiger partial charge >= 0.3 is 0 Å². The Morgan fingerprint density at radius 3 is 2.62 bits per heavy atom. The van der Waals surface area contributed by atoms with Gasteiger partial charge in [-0.2, -0.15) is 16.1 Å². The summed E-state index contributed by atoms with van der Waals surface area (Å²) in [5.41, 5.74) is 5.97. The fourth-order valence-electron chi connectivity index (χ4n) is 1.12. The predicted molar refractivity (Wildman–Crippen MR) is 69.5 cm³/mol. The summed E-state index contributed by atoms with van der Waals surface area (Å²) in [6, 6.07) is 0. The van der Waals surface area contributed by atoms with Crippen molar-refractivity contribution in [2.45, 2.75) is 11.1 Å². The molecule has 8 heteroatoms. The van der Waals surface area contributed by atoms with Gasteiger partial charge in [0.25, 0.3) is 10.0 Å². The number of thioether (sulfide) groups is 1. The lowest BCUT2D eigenvalue weighted by molar-refractivity contribution is 0.490. The molecule has 1 aromatic rings. The summed E-state index contributed by atoms with van der Waals surface area (Å²) in [7, 11) is -1.85. The molecule has 0 aromatic carbocycles. The van der Waals surface area contributed by atoms with Crippen molar-refractivity contribution in [3.05, 3.63) is 5.69 Å². The molecule has 2 N–H and O–H groups in total. The molecular formula is C8H15N3O2S3. The van der Waals surface area contributed by atoms with Crippen molar-refractivity contribution in [1.29, 1.82) is 0 Å². The molecule has 0 atom stereocenters. The minimum atomic E-state index is -3.43. The number of sulfonamides is 1. The zero-order valence-electron chi connectivity index (χ0n) is 9.43. The lowest BCUT2D eigenvalue weighted by Gasteiger charge is -2.15. The summed E-state index contributed by atoms with van der Waals surface area (Å²) < 4.78 is 25.8. The van der Waals surface area contributed by atoms with E-state index in [2.05, 4.69) is 4.98 Å². The molecule has 0 bridgehead atoms. The van der Waals surface area contributed by atoms with Crippen molar-refractivity contribution in [3.8, 4) is 0 Å². The van der Waals surface area contributed by atoms with Gasteiger partial charge in [0.15, 0.2) is 9.34 Å². The maximum atomic E-state index is 12.1. The molecule has 92 valence electrons. The highest BCUT2D eigenvalue weighted by Crippen LogP contribution is 2.27. The Balaban J connectivity index is 2.97. The zero-order valence-corrected chi connectivity index (χ0v) is 11.9. The summed E-state index contributed by atoms with van der Waals surface area (Å²) in [6.07, 6.45) is 1.94. The van der Waals surface area contributed by atoms with Gasteiger partial charge in [0.1, 0.15) is 0 Å². The van der Waals surface area contributed by atoms with Crippen LogP contribution >= 0.6 is 23.1 Å². The fraction of sp³-hybridized carbons (Fsp3) is 0.625. The van der Waals surface area contributed by atoms with Gasteiger partial charge in [-0.3, -0.25) is 0 Å². The third-order valence-electron chi connectivity index (χ3n) is 2.03. The van der Waals surface area contributed by atoms with Crippen molar-refractivity contribution >= 4 is 38.3 Å². The first-order chi connectivity index (χ1) is 7.39. The molecule has 0 radical (unpaired) electrons. The standard InChI is InChI=1S/C8H15N3O2S3/c1-6-7(15-8(9)10-6)16(12,13)11(2)4-5-14-3/h4-5H2,1-3H3,(H2,9,10). The van der Waals surface area contributed by atoms with E-state index in [1.54, 1.807) is 25.7 Å². The lowest BCUT2D eigenvalue weighted by Crippen LogP contribution is -2.28. The Bertz CT molecular complexity index is 455. The Labute approximate surface area is 104 Å². The van der Waals surface area contributed by atoms with Crippen LogP contribution in [0, 0.1) is 6.92 Å². The molecule has 1 heterocycles. The van der Waals surface area contributed by atoms with Crippen molar-refractivity contribution < 1.29 is 8.42 Å². The largest absolute Gasteiger partial charge is 0.375 e. The molecule has 0 aliphatic rings. The molecular weight excluding hydrogens is 266 g/mol. The van der Waals surface area contributed by atoms with E-state index in [9.17, 15) is 8.42 Å². The number of nitrogens with zero attached hydrogens (tertiary/aromatic N) is 2. The number of anilines is 1. The molecule has 0 spiro atoms. The molecule has 0 unspecified atom stereocenters. The van der Waals surface area contributed by atoms with Gasteiger partial charge in [-0.05, 0) is 13.2 Å². The number of hydrogen-bond acceptors (Lipinski definition) is 6. The van der Waals surface area contributed by atoms with Gasteiger partial charge in [0, 0.05) is 19.3 Å². The number of aromatic nitrogens is 1. The Hall–Kier alpha value is -0.310. The summed E-state index contributed by atoms with van der Waals surface area (Å²) in [5, 5.41) is 0.286. The van der Waals surface area contributed by atoms with Crippen molar-refractivity contribution in [1.82, 2.24) is 9.29 Å². The molecule has 1 aromatic heterocycles. The summed E-state index contributed by atoms with van der Waals surface area (Å²) in [6.45, 7) is 2.14. The molecule has 0 aliphatic heterocycles. The minimum absolute atomic E-state index is 0.244. The highest BCUT2D eigenvalue weighted by molar-refractivity contribution is 7.98. The predicted octanol–water partition coefficient (Wildman–Crippen LogP) is 1.02. The summed E-state index contributed by atoms with van der Waals surface area (Å²) >= 11 is 2.62. The zero-order chi connectivity index (χ0) is 12.3. The van der Waals surface area contributed by atoms with E-state index in [0.29, 0.717) is 12.2 Å². The van der Waals surface area contributed by atoms with Gasteiger partial charge in [-0.1, -0.05) is 11.3 Å². The second kappa shape index (κ2) is 5.35. The van der Waals surface area contributed by atoms with E-state index >= 15 is 0 Å². The molecule has 0 saturated carbocycles. The molecule has 1 rings (SSSR count). The van der Waals surface area contributed by atoms with E-state index in [1.165, 1.54) is 4.31 Å².